The molecular formula is C10H16N2O5. The van der Waals surface area contributed by atoms with Crippen LogP contribution in [0.4, 0.5) is 4.79 Å². The number of carbonyl (C=O) groups excluding carboxylic acids is 3. The van der Waals surface area contributed by atoms with Gasteiger partial charge in [0, 0.05) is 25.7 Å². The van der Waals surface area contributed by atoms with E-state index in [2.05, 4.69) is 15.4 Å². The van der Waals surface area contributed by atoms with Gasteiger partial charge in [-0.2, -0.15) is 0 Å². The Balaban J connectivity index is 3.55. The fourth-order valence-electron chi connectivity index (χ4n) is 0.787. The molecule has 0 aliphatic heterocycles. The number of nitrogens with one attached hydrogen (secondary N) is 2. The lowest BCUT2D eigenvalue weighted by atomic mass is 10.4. The van der Waals surface area contributed by atoms with Gasteiger partial charge in [0.1, 0.15) is 0 Å². The highest BCUT2D eigenvalue weighted by Gasteiger charge is 1.99. The fraction of sp³-hybridized carbons (Fsp3) is 0.500. The maximum Gasteiger partial charge on any atom is 0.331 e. The Hall–Kier alpha value is -2.05. The summed E-state index contributed by atoms with van der Waals surface area (Å²) in [4.78, 5) is 32.4. The molecule has 0 aliphatic carbocycles. The molecule has 0 unspecified atom stereocenters. The van der Waals surface area contributed by atoms with Crippen LogP contribution in [0.2, 0.25) is 0 Å². The summed E-state index contributed by atoms with van der Waals surface area (Å²) in [6.45, 7) is 0.558. The third kappa shape index (κ3) is 8.91. The van der Waals surface area contributed by atoms with Crippen molar-refractivity contribution in [3.05, 3.63) is 12.2 Å². The Labute approximate surface area is 99.1 Å². The van der Waals surface area contributed by atoms with Gasteiger partial charge < -0.3 is 20.1 Å². The normalized spacial score (nSPS) is 9.76. The van der Waals surface area contributed by atoms with Gasteiger partial charge in [-0.1, -0.05) is 0 Å². The third-order valence-electron chi connectivity index (χ3n) is 1.63. The van der Waals surface area contributed by atoms with Gasteiger partial charge in [0.05, 0.1) is 13.7 Å². The van der Waals surface area contributed by atoms with Crippen LogP contribution in [0, 0.1) is 0 Å². The van der Waals surface area contributed by atoms with Gasteiger partial charge in [0.15, 0.2) is 0 Å². The second kappa shape index (κ2) is 9.20. The highest BCUT2D eigenvalue weighted by atomic mass is 16.5. The Kier molecular flexibility index (Phi) is 8.09. The van der Waals surface area contributed by atoms with Crippen LogP contribution in [0.15, 0.2) is 12.2 Å². The van der Waals surface area contributed by atoms with Crippen LogP contribution in [0.1, 0.15) is 6.42 Å². The quantitative estimate of drug-likeness (QED) is 0.376. The molecule has 96 valence electrons. The van der Waals surface area contributed by atoms with E-state index in [1.54, 1.807) is 0 Å². The van der Waals surface area contributed by atoms with E-state index in [0.29, 0.717) is 13.0 Å². The van der Waals surface area contributed by atoms with Crippen molar-refractivity contribution in [3.63, 3.8) is 0 Å². The second-order valence-electron chi connectivity index (χ2n) is 2.88. The van der Waals surface area contributed by atoms with Gasteiger partial charge >= 0.3 is 18.0 Å². The number of esters is 2. The molecule has 0 aliphatic rings. The van der Waals surface area contributed by atoms with E-state index in [9.17, 15) is 14.4 Å². The van der Waals surface area contributed by atoms with Crippen LogP contribution in [-0.2, 0) is 19.1 Å². The molecule has 0 rings (SSSR count). The Bertz CT molecular complexity index is 301. The first-order valence-corrected chi connectivity index (χ1v) is 4.98. The van der Waals surface area contributed by atoms with E-state index in [4.69, 9.17) is 4.74 Å². The SMILES string of the molecule is CNC(=O)NCCCOC(=O)/C=C/C(=O)OC. The molecule has 0 fully saturated rings. The minimum absolute atomic E-state index is 0.161. The molecule has 0 aromatic heterocycles. The first-order chi connectivity index (χ1) is 8.10. The smallest absolute Gasteiger partial charge is 0.331 e. The Morgan fingerprint density at radius 1 is 1.18 bits per heavy atom. The molecule has 17 heavy (non-hydrogen) atoms. The van der Waals surface area contributed by atoms with E-state index in [0.717, 1.165) is 12.2 Å². The predicted molar refractivity (Wildman–Crippen MR) is 59.2 cm³/mol. The number of ether oxygens (including phenoxy) is 2. The standard InChI is InChI=1S/C10H16N2O5/c1-11-10(15)12-6-3-7-17-9(14)5-4-8(13)16-2/h4-5H,3,6-7H2,1-2H3,(H2,11,12,15)/b5-4+. The summed E-state index contributed by atoms with van der Waals surface area (Å²) in [7, 11) is 2.72. The molecule has 0 saturated heterocycles. The Morgan fingerprint density at radius 2 is 1.82 bits per heavy atom. The zero-order valence-corrected chi connectivity index (χ0v) is 9.82. The number of hydrogen-bond donors (Lipinski definition) is 2. The molecule has 0 saturated carbocycles. The molecule has 0 spiro atoms. The number of rotatable bonds is 6. The van der Waals surface area contributed by atoms with Crippen LogP contribution in [0.25, 0.3) is 0 Å². The van der Waals surface area contributed by atoms with E-state index < -0.39 is 11.9 Å². The molecule has 0 atom stereocenters. The lowest BCUT2D eigenvalue weighted by Crippen LogP contribution is -2.33. The molecular weight excluding hydrogens is 228 g/mol. The summed E-state index contributed by atoms with van der Waals surface area (Å²) in [5, 5.41) is 4.92. The average Bonchev–Trinajstić information content (AvgIpc) is 2.34. The molecule has 2 N–H and O–H groups in total. The number of urea groups is 1. The summed E-state index contributed by atoms with van der Waals surface area (Å²) >= 11 is 0. The molecule has 0 aromatic carbocycles. The predicted octanol–water partition coefficient (Wildman–Crippen LogP) is -0.422. The molecule has 0 aromatic rings. The molecule has 2 amide bonds. The van der Waals surface area contributed by atoms with Crippen LogP contribution in [0.5, 0.6) is 0 Å². The maximum atomic E-state index is 11.0. The third-order valence-corrected chi connectivity index (χ3v) is 1.63. The van der Waals surface area contributed by atoms with Gasteiger partial charge in [-0.3, -0.25) is 0 Å². The number of methoxy groups -OCH3 is 1. The van der Waals surface area contributed by atoms with Crippen LogP contribution >= 0.6 is 0 Å². The number of hydrogen-bond acceptors (Lipinski definition) is 5. The molecule has 0 radical (unpaired) electrons. The van der Waals surface area contributed by atoms with Gasteiger partial charge in [-0.15, -0.1) is 0 Å². The first-order valence-electron chi connectivity index (χ1n) is 4.98. The fourth-order valence-corrected chi connectivity index (χ4v) is 0.787. The zero-order valence-electron chi connectivity index (χ0n) is 9.82. The molecule has 0 bridgehead atoms. The van der Waals surface area contributed by atoms with Crippen molar-refractivity contribution in [2.45, 2.75) is 6.42 Å². The zero-order chi connectivity index (χ0) is 13.1. The summed E-state index contributed by atoms with van der Waals surface area (Å²) in [5.41, 5.74) is 0. The largest absolute Gasteiger partial charge is 0.466 e. The highest BCUT2D eigenvalue weighted by Crippen LogP contribution is 1.86. The van der Waals surface area contributed by atoms with Gasteiger partial charge in [-0.05, 0) is 6.42 Å². The summed E-state index contributed by atoms with van der Waals surface area (Å²) < 4.78 is 9.04. The summed E-state index contributed by atoms with van der Waals surface area (Å²) in [5.74, 6) is -1.25. The van der Waals surface area contributed by atoms with Crippen molar-refractivity contribution in [2.24, 2.45) is 0 Å². The lowest BCUT2D eigenvalue weighted by Gasteiger charge is -2.04. The van der Waals surface area contributed by atoms with Crippen molar-refractivity contribution in [1.82, 2.24) is 10.6 Å². The Morgan fingerprint density at radius 3 is 2.41 bits per heavy atom. The monoisotopic (exact) mass is 244 g/mol. The van der Waals surface area contributed by atoms with Crippen molar-refractivity contribution in [3.8, 4) is 0 Å². The average molecular weight is 244 g/mol. The molecule has 7 nitrogen and oxygen atoms in total. The number of carbonyl (C=O) groups is 3. The minimum atomic E-state index is -0.629. The van der Waals surface area contributed by atoms with Gasteiger partial charge in [0.2, 0.25) is 0 Å². The second-order valence-corrected chi connectivity index (χ2v) is 2.88. The van der Waals surface area contributed by atoms with Crippen molar-refractivity contribution >= 4 is 18.0 Å². The summed E-state index contributed by atoms with van der Waals surface area (Å²) in [6, 6.07) is -0.290. The van der Waals surface area contributed by atoms with Gasteiger partial charge in [-0.25, -0.2) is 14.4 Å². The van der Waals surface area contributed by atoms with Crippen LogP contribution in [0.3, 0.4) is 0 Å². The lowest BCUT2D eigenvalue weighted by molar-refractivity contribution is -0.139. The molecule has 7 heteroatoms. The van der Waals surface area contributed by atoms with E-state index in [1.807, 2.05) is 0 Å². The first kappa shape index (κ1) is 14.9. The minimum Gasteiger partial charge on any atom is -0.466 e. The van der Waals surface area contributed by atoms with Crippen molar-refractivity contribution in [2.75, 3.05) is 27.3 Å². The van der Waals surface area contributed by atoms with Crippen LogP contribution < -0.4 is 10.6 Å². The summed E-state index contributed by atoms with van der Waals surface area (Å²) in [6.07, 6.45) is 2.45. The maximum absolute atomic E-state index is 11.0. The van der Waals surface area contributed by atoms with E-state index in [-0.39, 0.29) is 12.6 Å². The van der Waals surface area contributed by atoms with Crippen LogP contribution in [-0.4, -0.2) is 45.3 Å². The van der Waals surface area contributed by atoms with Crippen molar-refractivity contribution in [1.29, 1.82) is 0 Å². The van der Waals surface area contributed by atoms with Gasteiger partial charge in [0.25, 0.3) is 0 Å². The topological polar surface area (TPSA) is 93.7 Å². The van der Waals surface area contributed by atoms with Crippen molar-refractivity contribution < 1.29 is 23.9 Å². The van der Waals surface area contributed by atoms with E-state index in [1.165, 1.54) is 14.2 Å². The number of amides is 2. The highest BCUT2D eigenvalue weighted by molar-refractivity contribution is 5.91. The molecule has 0 heterocycles. The van der Waals surface area contributed by atoms with E-state index >= 15 is 0 Å².